The number of nitrogens with two attached hydrogens (primary N) is 1. The third-order valence-corrected chi connectivity index (χ3v) is 6.18. The molecule has 174 valence electrons. The van der Waals surface area contributed by atoms with Crippen molar-refractivity contribution in [1.82, 2.24) is 5.32 Å². The fraction of sp³-hybridized carbons (Fsp3) is 0.0357. The van der Waals surface area contributed by atoms with Gasteiger partial charge in [0.25, 0.3) is 11.8 Å². The van der Waals surface area contributed by atoms with E-state index in [1.165, 1.54) is 11.8 Å². The van der Waals surface area contributed by atoms with Crippen molar-refractivity contribution in [3.63, 3.8) is 0 Å². The molecule has 0 bridgehead atoms. The van der Waals surface area contributed by atoms with Crippen LogP contribution in [0.5, 0.6) is 0 Å². The van der Waals surface area contributed by atoms with Gasteiger partial charge in [0, 0.05) is 16.1 Å². The average molecular weight is 482 g/mol. The van der Waals surface area contributed by atoms with Crippen LogP contribution in [0.25, 0.3) is 16.8 Å². The summed E-state index contributed by atoms with van der Waals surface area (Å²) in [5.41, 5.74) is 7.11. The normalized spacial score (nSPS) is 11.1. The number of anilines is 1. The summed E-state index contributed by atoms with van der Waals surface area (Å²) in [6.45, 7) is 0. The van der Waals surface area contributed by atoms with Crippen molar-refractivity contribution in [2.75, 3.05) is 11.1 Å². The quantitative estimate of drug-likeness (QED) is 0.248. The van der Waals surface area contributed by atoms with E-state index < -0.39 is 11.8 Å². The van der Waals surface area contributed by atoms with Crippen LogP contribution in [0, 0.1) is 0 Å². The Bertz CT molecular complexity index is 1390. The third-order valence-electron chi connectivity index (χ3n) is 5.15. The van der Waals surface area contributed by atoms with Crippen LogP contribution in [0.2, 0.25) is 0 Å². The molecule has 4 rings (SSSR count). The van der Waals surface area contributed by atoms with Crippen LogP contribution in [0.3, 0.4) is 0 Å². The van der Waals surface area contributed by atoms with Gasteiger partial charge in [-0.3, -0.25) is 14.4 Å². The molecule has 0 aliphatic rings. The minimum absolute atomic E-state index is 0.113. The molecule has 0 radical (unpaired) electrons. The molecule has 0 spiro atoms. The Morgan fingerprint density at radius 1 is 0.800 bits per heavy atom. The number of rotatable bonds is 8. The first-order valence-electron chi connectivity index (χ1n) is 10.9. The summed E-state index contributed by atoms with van der Waals surface area (Å²) in [5.74, 6) is -1.07. The summed E-state index contributed by atoms with van der Waals surface area (Å²) in [6, 6.07) is 29.4. The minimum Gasteiger partial charge on any atom is -0.369 e. The van der Waals surface area contributed by atoms with Gasteiger partial charge in [0.2, 0.25) is 5.91 Å². The van der Waals surface area contributed by atoms with Gasteiger partial charge in [-0.2, -0.15) is 0 Å². The van der Waals surface area contributed by atoms with E-state index in [9.17, 15) is 14.4 Å². The maximum Gasteiger partial charge on any atom is 0.272 e. The fourth-order valence-corrected chi connectivity index (χ4v) is 4.10. The Balaban J connectivity index is 1.62. The Labute approximate surface area is 207 Å². The summed E-state index contributed by atoms with van der Waals surface area (Å²) in [4.78, 5) is 38.0. The van der Waals surface area contributed by atoms with E-state index in [1.54, 1.807) is 54.6 Å². The lowest BCUT2D eigenvalue weighted by Crippen LogP contribution is -2.30. The van der Waals surface area contributed by atoms with Crippen molar-refractivity contribution >= 4 is 52.0 Å². The monoisotopic (exact) mass is 481 g/mol. The zero-order valence-corrected chi connectivity index (χ0v) is 19.5. The van der Waals surface area contributed by atoms with Crippen molar-refractivity contribution in [3.05, 3.63) is 114 Å². The number of benzene rings is 4. The van der Waals surface area contributed by atoms with Crippen molar-refractivity contribution in [1.29, 1.82) is 0 Å². The summed E-state index contributed by atoms with van der Waals surface area (Å²) >= 11 is 1.32. The fourth-order valence-electron chi connectivity index (χ4n) is 3.46. The molecule has 4 aromatic rings. The van der Waals surface area contributed by atoms with Crippen molar-refractivity contribution in [3.8, 4) is 0 Å². The van der Waals surface area contributed by atoms with Crippen molar-refractivity contribution in [2.45, 2.75) is 4.90 Å². The third kappa shape index (κ3) is 6.37. The largest absolute Gasteiger partial charge is 0.369 e. The molecule has 0 saturated carbocycles. The van der Waals surface area contributed by atoms with Gasteiger partial charge in [-0.05, 0) is 58.8 Å². The van der Waals surface area contributed by atoms with Gasteiger partial charge in [0.1, 0.15) is 5.70 Å². The lowest BCUT2D eigenvalue weighted by molar-refractivity contribution is -0.115. The van der Waals surface area contributed by atoms with Gasteiger partial charge in [0.15, 0.2) is 0 Å². The lowest BCUT2D eigenvalue weighted by atomic mass is 10.0. The molecule has 0 aliphatic heterocycles. The second-order valence-corrected chi connectivity index (χ2v) is 8.73. The highest BCUT2D eigenvalue weighted by molar-refractivity contribution is 8.00. The van der Waals surface area contributed by atoms with Crippen molar-refractivity contribution < 1.29 is 14.4 Å². The second kappa shape index (κ2) is 11.2. The zero-order chi connectivity index (χ0) is 24.6. The number of fused-ring (bicyclic) bond motifs is 1. The number of hydrogen-bond donors (Lipinski definition) is 3. The molecule has 0 aliphatic carbocycles. The van der Waals surface area contributed by atoms with Gasteiger partial charge < -0.3 is 16.4 Å². The summed E-state index contributed by atoms with van der Waals surface area (Å²) < 4.78 is 0. The number of nitrogens with one attached hydrogen (secondary N) is 2. The van der Waals surface area contributed by atoms with Crippen LogP contribution in [-0.4, -0.2) is 23.5 Å². The highest BCUT2D eigenvalue weighted by atomic mass is 32.2. The molecule has 0 unspecified atom stereocenters. The van der Waals surface area contributed by atoms with Crippen molar-refractivity contribution in [2.24, 2.45) is 5.73 Å². The molecule has 4 N–H and O–H groups in total. The van der Waals surface area contributed by atoms with E-state index in [0.717, 1.165) is 21.2 Å². The maximum atomic E-state index is 13.3. The molecule has 0 aromatic heterocycles. The number of carbonyl (C=O) groups excluding carboxylic acids is 3. The number of amides is 3. The summed E-state index contributed by atoms with van der Waals surface area (Å²) in [5, 5.41) is 7.59. The van der Waals surface area contributed by atoms with E-state index in [4.69, 9.17) is 5.73 Å². The van der Waals surface area contributed by atoms with E-state index in [1.807, 2.05) is 48.5 Å². The van der Waals surface area contributed by atoms with Crippen LogP contribution < -0.4 is 16.4 Å². The molecule has 6 nitrogen and oxygen atoms in total. The van der Waals surface area contributed by atoms with E-state index >= 15 is 0 Å². The molecule has 35 heavy (non-hydrogen) atoms. The van der Waals surface area contributed by atoms with E-state index in [0.29, 0.717) is 11.3 Å². The van der Waals surface area contributed by atoms with E-state index in [2.05, 4.69) is 10.6 Å². The molecule has 0 fully saturated rings. The molecule has 0 saturated heterocycles. The number of hydrogen-bond acceptors (Lipinski definition) is 4. The van der Waals surface area contributed by atoms with Crippen LogP contribution in [0.4, 0.5) is 5.69 Å². The SMILES string of the molecule is NC(=O)CSc1ccc(NC(=O)/C(=C/c2cccc3ccccc23)NC(=O)c2ccccc2)cc1. The van der Waals surface area contributed by atoms with Gasteiger partial charge >= 0.3 is 0 Å². The molecule has 4 aromatic carbocycles. The number of thioether (sulfide) groups is 1. The molecular formula is C28H23N3O3S. The first-order valence-corrected chi connectivity index (χ1v) is 11.9. The van der Waals surface area contributed by atoms with Crippen LogP contribution in [0.15, 0.2) is 108 Å². The van der Waals surface area contributed by atoms with Crippen LogP contribution in [-0.2, 0) is 9.59 Å². The predicted molar refractivity (Wildman–Crippen MR) is 141 cm³/mol. The van der Waals surface area contributed by atoms with Gasteiger partial charge in [0.05, 0.1) is 5.75 Å². The van der Waals surface area contributed by atoms with Gasteiger partial charge in [-0.1, -0.05) is 60.7 Å². The van der Waals surface area contributed by atoms with Crippen LogP contribution in [0.1, 0.15) is 15.9 Å². The molecule has 3 amide bonds. The molecule has 7 heteroatoms. The first-order chi connectivity index (χ1) is 17.0. The maximum absolute atomic E-state index is 13.3. The second-order valence-electron chi connectivity index (χ2n) is 7.68. The smallest absolute Gasteiger partial charge is 0.272 e. The first kappa shape index (κ1) is 23.8. The summed E-state index contributed by atoms with van der Waals surface area (Å²) in [7, 11) is 0. The summed E-state index contributed by atoms with van der Waals surface area (Å²) in [6.07, 6.45) is 1.68. The van der Waals surface area contributed by atoms with E-state index in [-0.39, 0.29) is 17.4 Å². The minimum atomic E-state index is -0.459. The van der Waals surface area contributed by atoms with Gasteiger partial charge in [-0.25, -0.2) is 0 Å². The highest BCUT2D eigenvalue weighted by Gasteiger charge is 2.16. The average Bonchev–Trinajstić information content (AvgIpc) is 2.88. The molecule has 0 heterocycles. The standard InChI is InChI=1S/C28H23N3O3S/c29-26(32)18-35-23-15-13-22(14-16-23)30-28(34)25(31-27(33)20-8-2-1-3-9-20)17-21-11-6-10-19-7-4-5-12-24(19)21/h1-17H,18H2,(H2,29,32)(H,30,34)(H,31,33)/b25-17-. The lowest BCUT2D eigenvalue weighted by Gasteiger charge is -2.12. The highest BCUT2D eigenvalue weighted by Crippen LogP contribution is 2.22. The predicted octanol–water partition coefficient (Wildman–Crippen LogP) is 4.83. The van der Waals surface area contributed by atoms with Crippen LogP contribution >= 0.6 is 11.8 Å². The Morgan fingerprint density at radius 3 is 2.23 bits per heavy atom. The number of carbonyl (C=O) groups is 3. The number of primary amides is 1. The Hall–Kier alpha value is -4.36. The van der Waals surface area contributed by atoms with Gasteiger partial charge in [-0.15, -0.1) is 11.8 Å². The zero-order valence-electron chi connectivity index (χ0n) is 18.7. The topological polar surface area (TPSA) is 101 Å². The molecular weight excluding hydrogens is 458 g/mol. The Morgan fingerprint density at radius 2 is 1.49 bits per heavy atom. The molecule has 0 atom stereocenters. The Kier molecular flexibility index (Phi) is 7.60.